The van der Waals surface area contributed by atoms with Crippen LogP contribution in [0.25, 0.3) is 0 Å². The second-order valence-electron chi connectivity index (χ2n) is 5.10. The molecule has 1 fully saturated rings. The number of anilines is 1. The highest BCUT2D eigenvalue weighted by atomic mass is 16.5. The van der Waals surface area contributed by atoms with Gasteiger partial charge in [0.25, 0.3) is 5.91 Å². The smallest absolute Gasteiger partial charge is 0.252 e. The van der Waals surface area contributed by atoms with Gasteiger partial charge in [-0.3, -0.25) is 4.79 Å². The maximum absolute atomic E-state index is 11.4. The number of primary amides is 1. The normalized spacial score (nSPS) is 23.6. The Kier molecular flexibility index (Phi) is 3.75. The fourth-order valence-electron chi connectivity index (χ4n) is 2.53. The van der Waals surface area contributed by atoms with Crippen molar-refractivity contribution in [2.75, 3.05) is 5.73 Å². The van der Waals surface area contributed by atoms with Gasteiger partial charge in [-0.25, -0.2) is 0 Å². The van der Waals surface area contributed by atoms with Crippen molar-refractivity contribution in [3.63, 3.8) is 0 Å². The van der Waals surface area contributed by atoms with Crippen molar-refractivity contribution in [2.45, 2.75) is 38.7 Å². The van der Waals surface area contributed by atoms with Crippen LogP contribution in [-0.4, -0.2) is 12.0 Å². The molecule has 0 bridgehead atoms. The predicted octanol–water partition coefficient (Wildman–Crippen LogP) is 2.33. The minimum Gasteiger partial charge on any atom is -0.487 e. The van der Waals surface area contributed by atoms with Gasteiger partial charge in [0.2, 0.25) is 0 Å². The first-order valence-corrected chi connectivity index (χ1v) is 6.43. The molecule has 2 unspecified atom stereocenters. The van der Waals surface area contributed by atoms with Gasteiger partial charge in [-0.1, -0.05) is 19.4 Å². The van der Waals surface area contributed by atoms with Crippen molar-refractivity contribution in [1.29, 1.82) is 0 Å². The van der Waals surface area contributed by atoms with Crippen molar-refractivity contribution in [1.82, 2.24) is 0 Å². The molecule has 0 radical (unpaired) electrons. The Hall–Kier alpha value is -1.71. The number of rotatable bonds is 3. The zero-order chi connectivity index (χ0) is 13.1. The summed E-state index contributed by atoms with van der Waals surface area (Å²) >= 11 is 0. The molecule has 0 heterocycles. The first-order valence-electron chi connectivity index (χ1n) is 6.43. The standard InChI is InChI=1S/C14H20N2O2/c1-9-4-2-5-10(8-9)18-13-11(14(16)17)6-3-7-12(13)15/h3,6-7,9-10H,2,4-5,8,15H2,1H3,(H2,16,17). The minimum absolute atomic E-state index is 0.136. The first-order chi connectivity index (χ1) is 8.58. The molecule has 4 nitrogen and oxygen atoms in total. The Morgan fingerprint density at radius 2 is 2.17 bits per heavy atom. The number of para-hydroxylation sites is 1. The lowest BCUT2D eigenvalue weighted by atomic mass is 9.88. The summed E-state index contributed by atoms with van der Waals surface area (Å²) < 4.78 is 5.92. The maximum atomic E-state index is 11.4. The average molecular weight is 248 g/mol. The minimum atomic E-state index is -0.499. The third kappa shape index (κ3) is 2.75. The number of hydrogen-bond acceptors (Lipinski definition) is 3. The summed E-state index contributed by atoms with van der Waals surface area (Å²) in [6.07, 6.45) is 4.55. The number of amides is 1. The summed E-state index contributed by atoms with van der Waals surface area (Å²) in [5.41, 5.74) is 12.1. The number of nitrogens with two attached hydrogens (primary N) is 2. The van der Waals surface area contributed by atoms with Crippen molar-refractivity contribution in [2.24, 2.45) is 11.7 Å². The van der Waals surface area contributed by atoms with Crippen LogP contribution < -0.4 is 16.2 Å². The highest BCUT2D eigenvalue weighted by Gasteiger charge is 2.23. The molecule has 4 N–H and O–H groups in total. The second-order valence-corrected chi connectivity index (χ2v) is 5.10. The molecule has 18 heavy (non-hydrogen) atoms. The number of carbonyl (C=O) groups is 1. The van der Waals surface area contributed by atoms with Gasteiger partial charge in [-0.05, 0) is 37.3 Å². The molecule has 1 aliphatic carbocycles. The summed E-state index contributed by atoms with van der Waals surface area (Å²) in [5.74, 6) is 0.607. The van der Waals surface area contributed by atoms with Gasteiger partial charge in [0, 0.05) is 0 Å². The van der Waals surface area contributed by atoms with Crippen molar-refractivity contribution < 1.29 is 9.53 Å². The molecule has 0 saturated heterocycles. The van der Waals surface area contributed by atoms with Crippen LogP contribution >= 0.6 is 0 Å². The molecular weight excluding hydrogens is 228 g/mol. The second kappa shape index (κ2) is 5.29. The van der Waals surface area contributed by atoms with E-state index in [4.69, 9.17) is 16.2 Å². The van der Waals surface area contributed by atoms with Gasteiger partial charge < -0.3 is 16.2 Å². The quantitative estimate of drug-likeness (QED) is 0.806. The molecule has 1 amide bonds. The number of nitrogen functional groups attached to an aromatic ring is 1. The predicted molar refractivity (Wildman–Crippen MR) is 71.4 cm³/mol. The molecule has 2 atom stereocenters. The molecule has 2 rings (SSSR count). The van der Waals surface area contributed by atoms with E-state index in [0.717, 1.165) is 19.3 Å². The Balaban J connectivity index is 2.20. The third-order valence-electron chi connectivity index (χ3n) is 3.48. The third-order valence-corrected chi connectivity index (χ3v) is 3.48. The lowest BCUT2D eigenvalue weighted by Crippen LogP contribution is -2.26. The maximum Gasteiger partial charge on any atom is 0.252 e. The fraction of sp³-hybridized carbons (Fsp3) is 0.500. The fourth-order valence-corrected chi connectivity index (χ4v) is 2.53. The SMILES string of the molecule is CC1CCCC(Oc2c(N)cccc2C(N)=O)C1. The van der Waals surface area contributed by atoms with E-state index in [-0.39, 0.29) is 6.10 Å². The van der Waals surface area contributed by atoms with E-state index in [0.29, 0.717) is 22.9 Å². The van der Waals surface area contributed by atoms with Crippen molar-refractivity contribution in [3.05, 3.63) is 23.8 Å². The highest BCUT2D eigenvalue weighted by molar-refractivity contribution is 5.97. The molecule has 1 aliphatic rings. The van der Waals surface area contributed by atoms with Gasteiger partial charge >= 0.3 is 0 Å². The van der Waals surface area contributed by atoms with Crippen LogP contribution in [0.1, 0.15) is 43.0 Å². The first kappa shape index (κ1) is 12.7. The van der Waals surface area contributed by atoms with Crippen LogP contribution in [0.5, 0.6) is 5.75 Å². The van der Waals surface area contributed by atoms with E-state index in [1.165, 1.54) is 6.42 Å². The summed E-state index contributed by atoms with van der Waals surface area (Å²) in [6, 6.07) is 5.10. The van der Waals surface area contributed by atoms with E-state index in [2.05, 4.69) is 6.92 Å². The van der Waals surface area contributed by atoms with Crippen LogP contribution in [0.15, 0.2) is 18.2 Å². The lowest BCUT2D eigenvalue weighted by molar-refractivity contribution is 0.0981. The van der Waals surface area contributed by atoms with Gasteiger partial charge in [0.05, 0.1) is 17.4 Å². The Morgan fingerprint density at radius 1 is 1.39 bits per heavy atom. The van der Waals surface area contributed by atoms with Crippen molar-refractivity contribution in [3.8, 4) is 5.75 Å². The molecule has 4 heteroatoms. The monoisotopic (exact) mass is 248 g/mol. The zero-order valence-corrected chi connectivity index (χ0v) is 10.7. The van der Waals surface area contributed by atoms with E-state index in [9.17, 15) is 4.79 Å². The molecule has 98 valence electrons. The molecular formula is C14H20N2O2. The van der Waals surface area contributed by atoms with Gasteiger partial charge in [-0.15, -0.1) is 0 Å². The van der Waals surface area contributed by atoms with Gasteiger partial charge in [-0.2, -0.15) is 0 Å². The van der Waals surface area contributed by atoms with Crippen LogP contribution in [0.4, 0.5) is 5.69 Å². The van der Waals surface area contributed by atoms with Gasteiger partial charge in [0.1, 0.15) is 0 Å². The van der Waals surface area contributed by atoms with E-state index in [1.54, 1.807) is 18.2 Å². The summed E-state index contributed by atoms with van der Waals surface area (Å²) in [6.45, 7) is 2.22. The number of hydrogen-bond donors (Lipinski definition) is 2. The largest absolute Gasteiger partial charge is 0.487 e. The van der Waals surface area contributed by atoms with E-state index < -0.39 is 5.91 Å². The Bertz CT molecular complexity index is 445. The molecule has 1 aromatic rings. The summed E-state index contributed by atoms with van der Waals surface area (Å²) in [7, 11) is 0. The summed E-state index contributed by atoms with van der Waals surface area (Å²) in [4.78, 5) is 11.4. The molecule has 0 spiro atoms. The Morgan fingerprint density at radius 3 is 2.83 bits per heavy atom. The zero-order valence-electron chi connectivity index (χ0n) is 10.7. The van der Waals surface area contributed by atoms with Crippen LogP contribution in [0.2, 0.25) is 0 Å². The Labute approximate surface area is 107 Å². The summed E-state index contributed by atoms with van der Waals surface area (Å²) in [5, 5.41) is 0. The van der Waals surface area contributed by atoms with Crippen LogP contribution in [-0.2, 0) is 0 Å². The molecule has 1 saturated carbocycles. The average Bonchev–Trinajstić information content (AvgIpc) is 2.31. The molecule has 1 aromatic carbocycles. The molecule has 0 aliphatic heterocycles. The van der Waals surface area contributed by atoms with Crippen LogP contribution in [0, 0.1) is 5.92 Å². The number of ether oxygens (including phenoxy) is 1. The van der Waals surface area contributed by atoms with E-state index in [1.807, 2.05) is 0 Å². The lowest BCUT2D eigenvalue weighted by Gasteiger charge is -2.28. The van der Waals surface area contributed by atoms with Gasteiger partial charge in [0.15, 0.2) is 5.75 Å². The van der Waals surface area contributed by atoms with Crippen molar-refractivity contribution >= 4 is 11.6 Å². The number of benzene rings is 1. The topological polar surface area (TPSA) is 78.3 Å². The van der Waals surface area contributed by atoms with Crippen LogP contribution in [0.3, 0.4) is 0 Å². The highest BCUT2D eigenvalue weighted by Crippen LogP contribution is 2.32. The van der Waals surface area contributed by atoms with E-state index >= 15 is 0 Å². The molecule has 0 aromatic heterocycles. The number of carbonyl (C=O) groups excluding carboxylic acids is 1.